The van der Waals surface area contributed by atoms with Gasteiger partial charge in [0.1, 0.15) is 0 Å². The third-order valence-corrected chi connectivity index (χ3v) is 4.40. The number of nitrogens with one attached hydrogen (secondary N) is 2. The maximum absolute atomic E-state index is 6.33. The maximum Gasteiger partial charge on any atom is 0.171 e. The summed E-state index contributed by atoms with van der Waals surface area (Å²) >= 11 is 7.91. The number of halogens is 1. The van der Waals surface area contributed by atoms with Gasteiger partial charge in [-0.25, -0.2) is 4.98 Å². The van der Waals surface area contributed by atoms with Crippen molar-refractivity contribution in [2.45, 2.75) is 23.5 Å². The van der Waals surface area contributed by atoms with Crippen molar-refractivity contribution in [3.05, 3.63) is 53.1 Å². The number of hydrogen-bond donors (Lipinski definition) is 2. The molecule has 21 heavy (non-hydrogen) atoms. The zero-order chi connectivity index (χ0) is 14.7. The monoisotopic (exact) mass is 317 g/mol. The molecule has 108 valence electrons. The number of rotatable bonds is 5. The zero-order valence-corrected chi connectivity index (χ0v) is 13.3. The van der Waals surface area contributed by atoms with Crippen molar-refractivity contribution in [3.8, 4) is 0 Å². The summed E-state index contributed by atoms with van der Waals surface area (Å²) in [6.07, 6.45) is 0. The van der Waals surface area contributed by atoms with E-state index < -0.39 is 0 Å². The van der Waals surface area contributed by atoms with E-state index in [9.17, 15) is 0 Å². The average Bonchev–Trinajstić information content (AvgIpc) is 2.88. The Balaban J connectivity index is 1.79. The highest BCUT2D eigenvalue weighted by Crippen LogP contribution is 2.30. The molecule has 3 aromatic rings. The molecule has 0 amide bonds. The molecule has 1 aromatic heterocycles. The second-order valence-electron chi connectivity index (χ2n) is 4.69. The van der Waals surface area contributed by atoms with Gasteiger partial charge in [-0.3, -0.25) is 0 Å². The number of fused-ring (bicyclic) bond motifs is 1. The predicted octanol–water partition coefficient (Wildman–Crippen LogP) is 4.48. The van der Waals surface area contributed by atoms with Crippen LogP contribution < -0.4 is 5.32 Å². The SMILES string of the molecule is CCNCc1ccc(Sc2nc3ccccc3[nH]2)cc1Cl. The third kappa shape index (κ3) is 3.40. The number of H-pyrrole nitrogens is 1. The predicted molar refractivity (Wildman–Crippen MR) is 89.0 cm³/mol. The first kappa shape index (κ1) is 14.4. The summed E-state index contributed by atoms with van der Waals surface area (Å²) < 4.78 is 0. The Morgan fingerprint density at radius 3 is 2.86 bits per heavy atom. The van der Waals surface area contributed by atoms with Gasteiger partial charge >= 0.3 is 0 Å². The molecule has 0 spiro atoms. The largest absolute Gasteiger partial charge is 0.333 e. The molecule has 0 radical (unpaired) electrons. The lowest BCUT2D eigenvalue weighted by molar-refractivity contribution is 0.726. The Kier molecular flexibility index (Phi) is 4.48. The van der Waals surface area contributed by atoms with Gasteiger partial charge in [-0.1, -0.05) is 48.5 Å². The molecule has 2 aromatic carbocycles. The second kappa shape index (κ2) is 6.52. The lowest BCUT2D eigenvalue weighted by Gasteiger charge is -2.06. The molecule has 2 N–H and O–H groups in total. The number of imidazole rings is 1. The van der Waals surface area contributed by atoms with Gasteiger partial charge in [0.15, 0.2) is 5.16 Å². The second-order valence-corrected chi connectivity index (χ2v) is 6.16. The summed E-state index contributed by atoms with van der Waals surface area (Å²) in [6, 6.07) is 14.2. The first-order valence-corrected chi connectivity index (χ1v) is 8.07. The van der Waals surface area contributed by atoms with Crippen LogP contribution in [0.5, 0.6) is 0 Å². The molecule has 5 heteroatoms. The number of hydrogen-bond acceptors (Lipinski definition) is 3. The van der Waals surface area contributed by atoms with Crippen molar-refractivity contribution in [2.75, 3.05) is 6.54 Å². The van der Waals surface area contributed by atoms with E-state index in [1.165, 1.54) is 0 Å². The van der Waals surface area contributed by atoms with Gasteiger partial charge in [-0.2, -0.15) is 0 Å². The summed E-state index contributed by atoms with van der Waals surface area (Å²) in [4.78, 5) is 8.95. The van der Waals surface area contributed by atoms with Gasteiger partial charge in [-0.05, 0) is 36.4 Å². The van der Waals surface area contributed by atoms with Crippen LogP contribution >= 0.6 is 23.4 Å². The van der Waals surface area contributed by atoms with E-state index in [2.05, 4.69) is 34.3 Å². The van der Waals surface area contributed by atoms with Crippen molar-refractivity contribution in [2.24, 2.45) is 0 Å². The average molecular weight is 318 g/mol. The molecular weight excluding hydrogens is 302 g/mol. The Morgan fingerprint density at radius 2 is 2.10 bits per heavy atom. The van der Waals surface area contributed by atoms with Gasteiger partial charge in [0, 0.05) is 16.5 Å². The Labute approximate surface area is 133 Å². The minimum Gasteiger partial charge on any atom is -0.333 e. The van der Waals surface area contributed by atoms with E-state index >= 15 is 0 Å². The molecule has 3 nitrogen and oxygen atoms in total. The fourth-order valence-corrected chi connectivity index (χ4v) is 3.24. The summed E-state index contributed by atoms with van der Waals surface area (Å²) in [6.45, 7) is 3.82. The molecule has 1 heterocycles. The lowest BCUT2D eigenvalue weighted by Crippen LogP contribution is -2.11. The summed E-state index contributed by atoms with van der Waals surface area (Å²) in [7, 11) is 0. The Bertz CT molecular complexity index is 721. The Hall–Kier alpha value is -1.49. The van der Waals surface area contributed by atoms with Crippen LogP contribution in [0.25, 0.3) is 11.0 Å². The van der Waals surface area contributed by atoms with Crippen LogP contribution in [0.4, 0.5) is 0 Å². The van der Waals surface area contributed by atoms with Gasteiger partial charge in [0.25, 0.3) is 0 Å². The maximum atomic E-state index is 6.33. The summed E-state index contributed by atoms with van der Waals surface area (Å²) in [5.41, 5.74) is 3.15. The van der Waals surface area contributed by atoms with E-state index in [1.54, 1.807) is 11.8 Å². The number of benzene rings is 2. The van der Waals surface area contributed by atoms with Crippen LogP contribution in [0.3, 0.4) is 0 Å². The molecule has 0 aliphatic rings. The summed E-state index contributed by atoms with van der Waals surface area (Å²) in [5.74, 6) is 0. The van der Waals surface area contributed by atoms with Crippen molar-refractivity contribution in [1.82, 2.24) is 15.3 Å². The van der Waals surface area contributed by atoms with Crippen LogP contribution in [0.1, 0.15) is 12.5 Å². The van der Waals surface area contributed by atoms with E-state index in [0.717, 1.165) is 44.8 Å². The molecule has 3 rings (SSSR count). The molecule has 0 aliphatic carbocycles. The molecule has 0 fully saturated rings. The number of para-hydroxylation sites is 2. The standard InChI is InChI=1S/C16H16ClN3S/c1-2-18-10-11-7-8-12(9-13(11)17)21-16-19-14-5-3-4-6-15(14)20-16/h3-9,18H,2,10H2,1H3,(H,19,20). The fraction of sp³-hybridized carbons (Fsp3) is 0.188. The van der Waals surface area contributed by atoms with Crippen LogP contribution in [-0.4, -0.2) is 16.5 Å². The number of aromatic amines is 1. The van der Waals surface area contributed by atoms with Gasteiger partial charge in [0.05, 0.1) is 11.0 Å². The van der Waals surface area contributed by atoms with Crippen LogP contribution in [0.15, 0.2) is 52.5 Å². The molecule has 0 bridgehead atoms. The van der Waals surface area contributed by atoms with Crippen molar-refractivity contribution in [3.63, 3.8) is 0 Å². The number of aromatic nitrogens is 2. The summed E-state index contributed by atoms with van der Waals surface area (Å²) in [5, 5.41) is 4.95. The highest BCUT2D eigenvalue weighted by Gasteiger charge is 2.06. The smallest absolute Gasteiger partial charge is 0.171 e. The highest BCUT2D eigenvalue weighted by atomic mass is 35.5. The molecule has 0 unspecified atom stereocenters. The normalized spacial score (nSPS) is 11.1. The third-order valence-electron chi connectivity index (χ3n) is 3.17. The first-order chi connectivity index (χ1) is 10.3. The van der Waals surface area contributed by atoms with Crippen molar-refractivity contribution >= 4 is 34.4 Å². The number of nitrogens with zero attached hydrogens (tertiary/aromatic N) is 1. The fourth-order valence-electron chi connectivity index (χ4n) is 2.08. The van der Waals surface area contributed by atoms with E-state index in [0.29, 0.717) is 0 Å². The molecule has 0 saturated carbocycles. The van der Waals surface area contributed by atoms with Crippen molar-refractivity contribution < 1.29 is 0 Å². The first-order valence-electron chi connectivity index (χ1n) is 6.88. The van der Waals surface area contributed by atoms with Crippen LogP contribution in [0, 0.1) is 0 Å². The molecule has 0 saturated heterocycles. The minimum absolute atomic E-state index is 0.789. The quantitative estimate of drug-likeness (QED) is 0.729. The van der Waals surface area contributed by atoms with Crippen LogP contribution in [0.2, 0.25) is 5.02 Å². The van der Waals surface area contributed by atoms with Gasteiger partial charge < -0.3 is 10.3 Å². The van der Waals surface area contributed by atoms with E-state index in [1.807, 2.05) is 30.3 Å². The zero-order valence-electron chi connectivity index (χ0n) is 11.7. The molecular formula is C16H16ClN3S. The van der Waals surface area contributed by atoms with Gasteiger partial charge in [-0.15, -0.1) is 0 Å². The topological polar surface area (TPSA) is 40.7 Å². The highest BCUT2D eigenvalue weighted by molar-refractivity contribution is 7.99. The lowest BCUT2D eigenvalue weighted by atomic mass is 10.2. The van der Waals surface area contributed by atoms with Crippen LogP contribution in [-0.2, 0) is 6.54 Å². The van der Waals surface area contributed by atoms with Crippen molar-refractivity contribution in [1.29, 1.82) is 0 Å². The Morgan fingerprint density at radius 1 is 1.24 bits per heavy atom. The molecule has 0 aliphatic heterocycles. The minimum atomic E-state index is 0.789. The van der Waals surface area contributed by atoms with E-state index in [4.69, 9.17) is 11.6 Å². The van der Waals surface area contributed by atoms with Gasteiger partial charge in [0.2, 0.25) is 0 Å². The molecule has 0 atom stereocenters. The van der Waals surface area contributed by atoms with E-state index in [-0.39, 0.29) is 0 Å².